The van der Waals surface area contributed by atoms with Gasteiger partial charge in [-0.1, -0.05) is 26.0 Å². The number of aliphatic hydroxyl groups excluding tert-OH is 1. The Hall–Kier alpha value is -3.15. The van der Waals surface area contributed by atoms with Crippen LogP contribution in [0.3, 0.4) is 0 Å². The number of amides is 1. The molecule has 2 atom stereocenters. The van der Waals surface area contributed by atoms with E-state index in [0.717, 1.165) is 4.31 Å². The van der Waals surface area contributed by atoms with Gasteiger partial charge in [-0.15, -0.1) is 0 Å². The van der Waals surface area contributed by atoms with Crippen LogP contribution in [0.5, 0.6) is 17.2 Å². The molecule has 0 fully saturated rings. The Balaban J connectivity index is 1.68. The van der Waals surface area contributed by atoms with E-state index in [1.165, 1.54) is 18.2 Å². The number of hydrogen-bond donors (Lipinski definition) is 4. The lowest BCUT2D eigenvalue weighted by molar-refractivity contribution is 0.0980. The number of nitrogens with one attached hydrogen (secondary N) is 1. The highest BCUT2D eigenvalue weighted by Crippen LogP contribution is 2.35. The lowest BCUT2D eigenvalue weighted by atomic mass is 10.0. The first-order chi connectivity index (χ1) is 19.2. The van der Waals surface area contributed by atoms with Gasteiger partial charge in [0.15, 0.2) is 11.5 Å². The molecule has 0 bridgehead atoms. The zero-order valence-electron chi connectivity index (χ0n) is 22.5. The molecule has 1 amide bonds. The summed E-state index contributed by atoms with van der Waals surface area (Å²) >= 11 is 0. The van der Waals surface area contributed by atoms with E-state index in [4.69, 9.17) is 18.8 Å². The summed E-state index contributed by atoms with van der Waals surface area (Å²) in [4.78, 5) is 11.5. The Morgan fingerprint density at radius 2 is 1.71 bits per heavy atom. The number of benzene rings is 2. The average molecular weight is 619 g/mol. The number of carboxylic acid groups (broad SMARTS) is 1. The summed E-state index contributed by atoms with van der Waals surface area (Å²) in [7, 11) is -8.60. The minimum Gasteiger partial charge on any atom is -0.494 e. The van der Waals surface area contributed by atoms with Crippen molar-refractivity contribution in [3.05, 3.63) is 48.0 Å². The Bertz CT molecular complexity index is 1380. The van der Waals surface area contributed by atoms with Gasteiger partial charge in [-0.05, 0) is 42.2 Å². The molecule has 2 aromatic rings. The number of aliphatic hydroxyl groups is 1. The Morgan fingerprint density at radius 3 is 2.34 bits per heavy atom. The highest BCUT2D eigenvalue weighted by Gasteiger charge is 2.32. The molecule has 0 spiro atoms. The normalized spacial score (nSPS) is 14.7. The van der Waals surface area contributed by atoms with Crippen LogP contribution in [0.4, 0.5) is 4.79 Å². The zero-order valence-corrected chi connectivity index (χ0v) is 24.1. The van der Waals surface area contributed by atoms with E-state index in [1.54, 1.807) is 24.3 Å². The van der Waals surface area contributed by atoms with Crippen LogP contribution in [0.1, 0.15) is 25.8 Å². The van der Waals surface area contributed by atoms with Crippen molar-refractivity contribution < 1.29 is 54.8 Å². The van der Waals surface area contributed by atoms with Gasteiger partial charge in [-0.3, -0.25) is 4.55 Å². The summed E-state index contributed by atoms with van der Waals surface area (Å²) in [6.07, 6.45) is -2.53. The number of hydrogen-bond acceptors (Lipinski definition) is 10. The maximum absolute atomic E-state index is 13.5. The first-order valence-electron chi connectivity index (χ1n) is 12.7. The first kappa shape index (κ1) is 32.4. The molecule has 4 N–H and O–H groups in total. The number of rotatable bonds is 16. The van der Waals surface area contributed by atoms with Crippen LogP contribution in [-0.4, -0.2) is 87.2 Å². The van der Waals surface area contributed by atoms with Gasteiger partial charge >= 0.3 is 16.5 Å². The standard InChI is InChI=1S/C25H34N2O12S2/c1-17(2)14-27(40(31,32)20-8-9-23-24(13-20)38-16-37-23)15-22(28)21(26-25(29)30)12-18-4-6-19(7-5-18)36-10-3-11-39-41(33,34)35/h4-9,13,17,21-22,26,28H,3,10-12,14-16H2,1-2H3,(H,29,30)(H,33,34,35)/t21-,22+/m0/s1. The highest BCUT2D eigenvalue weighted by atomic mass is 32.3. The molecule has 0 unspecified atom stereocenters. The summed E-state index contributed by atoms with van der Waals surface area (Å²) in [5.74, 6) is 1.07. The molecule has 16 heteroatoms. The molecular weight excluding hydrogens is 584 g/mol. The van der Waals surface area contributed by atoms with Crippen LogP contribution in [0.25, 0.3) is 0 Å². The Morgan fingerprint density at radius 1 is 1.02 bits per heavy atom. The van der Waals surface area contributed by atoms with Gasteiger partial charge in [0, 0.05) is 25.6 Å². The molecule has 41 heavy (non-hydrogen) atoms. The fraction of sp³-hybridized carbons (Fsp3) is 0.480. The van der Waals surface area contributed by atoms with Crippen molar-refractivity contribution in [2.45, 2.75) is 43.7 Å². The molecule has 0 aromatic heterocycles. The summed E-state index contributed by atoms with van der Waals surface area (Å²) in [5, 5.41) is 22.7. The molecule has 0 saturated carbocycles. The summed E-state index contributed by atoms with van der Waals surface area (Å²) in [6.45, 7) is 3.20. The van der Waals surface area contributed by atoms with Gasteiger partial charge in [0.2, 0.25) is 16.8 Å². The van der Waals surface area contributed by atoms with Crippen molar-refractivity contribution in [2.24, 2.45) is 5.92 Å². The molecule has 14 nitrogen and oxygen atoms in total. The van der Waals surface area contributed by atoms with E-state index in [-0.39, 0.29) is 56.8 Å². The minimum atomic E-state index is -4.51. The van der Waals surface area contributed by atoms with Gasteiger partial charge in [-0.2, -0.15) is 12.7 Å². The largest absolute Gasteiger partial charge is 0.494 e. The second-order valence-corrected chi connectivity index (χ2v) is 12.7. The van der Waals surface area contributed by atoms with Crippen LogP contribution >= 0.6 is 0 Å². The van der Waals surface area contributed by atoms with Gasteiger partial charge in [-0.25, -0.2) is 17.4 Å². The summed E-state index contributed by atoms with van der Waals surface area (Å²) in [5.41, 5.74) is 0.638. The molecule has 0 aliphatic carbocycles. The second kappa shape index (κ2) is 14.2. The molecular formula is C25H34N2O12S2. The summed E-state index contributed by atoms with van der Waals surface area (Å²) < 4.78 is 78.1. The van der Waals surface area contributed by atoms with Gasteiger partial charge in [0.25, 0.3) is 0 Å². The van der Waals surface area contributed by atoms with Crippen molar-refractivity contribution >= 4 is 26.5 Å². The number of sulfonamides is 1. The molecule has 0 radical (unpaired) electrons. The second-order valence-electron chi connectivity index (χ2n) is 9.65. The maximum atomic E-state index is 13.5. The third-order valence-corrected chi connectivity index (χ3v) is 8.18. The number of ether oxygens (including phenoxy) is 3. The van der Waals surface area contributed by atoms with Gasteiger partial charge in [0.05, 0.1) is 30.3 Å². The third kappa shape index (κ3) is 10.0. The fourth-order valence-corrected chi connectivity index (χ4v) is 6.00. The monoisotopic (exact) mass is 618 g/mol. The van der Waals surface area contributed by atoms with Crippen molar-refractivity contribution in [3.8, 4) is 17.2 Å². The van der Waals surface area contributed by atoms with Crippen LogP contribution in [-0.2, 0) is 31.0 Å². The molecule has 3 rings (SSSR count). The van der Waals surface area contributed by atoms with Crippen LogP contribution in [0, 0.1) is 5.92 Å². The summed E-state index contributed by atoms with van der Waals surface area (Å²) in [6, 6.07) is 9.73. The average Bonchev–Trinajstić information content (AvgIpc) is 3.35. The SMILES string of the molecule is CC(C)CN(C[C@@H](O)[C@H](Cc1ccc(OCCCOS(=O)(=O)O)cc1)NC(=O)O)S(=O)(=O)c1ccc2c(c1)OCO2. The van der Waals surface area contributed by atoms with Crippen molar-refractivity contribution in [1.82, 2.24) is 9.62 Å². The van der Waals surface area contributed by atoms with Crippen LogP contribution < -0.4 is 19.5 Å². The number of carbonyl (C=O) groups is 1. The fourth-order valence-electron chi connectivity index (χ4n) is 4.03. The van der Waals surface area contributed by atoms with E-state index >= 15 is 0 Å². The zero-order chi connectivity index (χ0) is 30.2. The predicted octanol–water partition coefficient (Wildman–Crippen LogP) is 1.89. The smallest absolute Gasteiger partial charge is 0.404 e. The highest BCUT2D eigenvalue weighted by molar-refractivity contribution is 7.89. The van der Waals surface area contributed by atoms with Gasteiger partial charge in [0.1, 0.15) is 5.75 Å². The van der Waals surface area contributed by atoms with Crippen LogP contribution in [0.2, 0.25) is 0 Å². The Kier molecular flexibility index (Phi) is 11.2. The van der Waals surface area contributed by atoms with Crippen molar-refractivity contribution in [2.75, 3.05) is 33.1 Å². The lowest BCUT2D eigenvalue weighted by Gasteiger charge is -2.30. The van der Waals surface area contributed by atoms with E-state index in [1.807, 2.05) is 13.8 Å². The van der Waals surface area contributed by atoms with Crippen LogP contribution in [0.15, 0.2) is 47.4 Å². The molecule has 1 heterocycles. The van der Waals surface area contributed by atoms with Gasteiger partial charge < -0.3 is 29.7 Å². The topological polar surface area (TPSA) is 198 Å². The lowest BCUT2D eigenvalue weighted by Crippen LogP contribution is -2.50. The molecule has 228 valence electrons. The van der Waals surface area contributed by atoms with E-state index in [9.17, 15) is 31.8 Å². The van der Waals surface area contributed by atoms with Crippen molar-refractivity contribution in [3.63, 3.8) is 0 Å². The predicted molar refractivity (Wildman–Crippen MR) is 145 cm³/mol. The first-order valence-corrected chi connectivity index (χ1v) is 15.5. The molecule has 1 aliphatic rings. The quantitative estimate of drug-likeness (QED) is 0.158. The van der Waals surface area contributed by atoms with E-state index in [2.05, 4.69) is 9.50 Å². The Labute approximate surface area is 238 Å². The minimum absolute atomic E-state index is 0.0189. The maximum Gasteiger partial charge on any atom is 0.404 e. The van der Waals surface area contributed by atoms with E-state index < -0.39 is 38.7 Å². The number of nitrogens with zero attached hydrogens (tertiary/aromatic N) is 1. The van der Waals surface area contributed by atoms with Crippen molar-refractivity contribution in [1.29, 1.82) is 0 Å². The van der Waals surface area contributed by atoms with E-state index in [0.29, 0.717) is 22.8 Å². The third-order valence-electron chi connectivity index (χ3n) is 5.88. The molecule has 2 aromatic carbocycles. The molecule has 0 saturated heterocycles. The molecule has 1 aliphatic heterocycles. The number of fused-ring (bicyclic) bond motifs is 1.